The lowest BCUT2D eigenvalue weighted by molar-refractivity contribution is -0.157. The number of amides is 1. The van der Waals surface area contributed by atoms with E-state index < -0.39 is 40.3 Å². The van der Waals surface area contributed by atoms with E-state index in [1.807, 2.05) is 6.07 Å². The summed E-state index contributed by atoms with van der Waals surface area (Å²) in [6.07, 6.45) is 4.14. The number of fused-ring (bicyclic) bond motifs is 3. The Kier molecular flexibility index (Phi) is 5.93. The number of esters is 1. The Labute approximate surface area is 214 Å². The number of carbonyl (C=O) groups excluding carboxylic acids is 2. The molecule has 0 bridgehead atoms. The van der Waals surface area contributed by atoms with Crippen LogP contribution < -0.4 is 10.6 Å². The van der Waals surface area contributed by atoms with Crippen molar-refractivity contribution in [3.05, 3.63) is 63.4 Å². The van der Waals surface area contributed by atoms with Crippen LogP contribution in [0.15, 0.2) is 36.4 Å². The van der Waals surface area contributed by atoms with Crippen molar-refractivity contribution in [2.75, 3.05) is 5.32 Å². The molecular weight excluding hydrogens is 490 g/mol. The number of anilines is 1. The third-order valence-electron chi connectivity index (χ3n) is 7.68. The fourth-order valence-corrected chi connectivity index (χ4v) is 6.92. The van der Waals surface area contributed by atoms with Crippen molar-refractivity contribution in [3.8, 4) is 0 Å². The molecule has 8 heteroatoms. The number of nitrogens with one attached hydrogen (secondary N) is 2. The van der Waals surface area contributed by atoms with Gasteiger partial charge < -0.3 is 10.1 Å². The molecule has 35 heavy (non-hydrogen) atoms. The molecule has 0 aromatic heterocycles. The largest absolute Gasteiger partial charge is 0.459 e. The first-order valence-electron chi connectivity index (χ1n) is 12.1. The number of ether oxygens (including phenoxy) is 1. The molecule has 2 spiro atoms. The Morgan fingerprint density at radius 1 is 1.11 bits per heavy atom. The lowest BCUT2D eigenvalue weighted by Gasteiger charge is -2.47. The summed E-state index contributed by atoms with van der Waals surface area (Å²) in [5.41, 5.74) is -1.24. The number of halogens is 3. The average Bonchev–Trinajstić information content (AvgIpc) is 3.23. The van der Waals surface area contributed by atoms with Crippen molar-refractivity contribution in [2.45, 2.75) is 81.4 Å². The van der Waals surface area contributed by atoms with E-state index in [0.29, 0.717) is 23.6 Å². The van der Waals surface area contributed by atoms with Crippen molar-refractivity contribution >= 4 is 40.8 Å². The van der Waals surface area contributed by atoms with E-state index in [1.54, 1.807) is 45.0 Å². The summed E-state index contributed by atoms with van der Waals surface area (Å²) in [5.74, 6) is -2.29. The smallest absolute Gasteiger partial charge is 0.324 e. The normalized spacial score (nSPS) is 27.2. The van der Waals surface area contributed by atoms with Crippen LogP contribution in [0, 0.1) is 5.82 Å². The van der Waals surface area contributed by atoms with Crippen molar-refractivity contribution < 1.29 is 18.7 Å². The maximum Gasteiger partial charge on any atom is 0.324 e. The number of hydrogen-bond acceptors (Lipinski definition) is 4. The molecule has 2 aliphatic heterocycles. The van der Waals surface area contributed by atoms with Crippen molar-refractivity contribution in [3.63, 3.8) is 0 Å². The number of hydrogen-bond donors (Lipinski definition) is 2. The second-order valence-corrected chi connectivity index (χ2v) is 11.7. The van der Waals surface area contributed by atoms with E-state index in [-0.39, 0.29) is 16.5 Å². The summed E-state index contributed by atoms with van der Waals surface area (Å²) in [6, 6.07) is 9.08. The second kappa shape index (κ2) is 8.46. The number of carbonyl (C=O) groups is 2. The van der Waals surface area contributed by atoms with Gasteiger partial charge in [0, 0.05) is 22.2 Å². The molecule has 1 aliphatic carbocycles. The summed E-state index contributed by atoms with van der Waals surface area (Å²) >= 11 is 12.5. The maximum absolute atomic E-state index is 15.7. The zero-order chi connectivity index (χ0) is 25.2. The third-order valence-corrected chi connectivity index (χ3v) is 8.21. The zero-order valence-electron chi connectivity index (χ0n) is 20.0. The van der Waals surface area contributed by atoms with Crippen molar-refractivity contribution in [1.82, 2.24) is 5.32 Å². The van der Waals surface area contributed by atoms with Crippen LogP contribution in [0.5, 0.6) is 0 Å². The van der Waals surface area contributed by atoms with Crippen molar-refractivity contribution in [2.24, 2.45) is 0 Å². The summed E-state index contributed by atoms with van der Waals surface area (Å²) in [6.45, 7) is 5.38. The van der Waals surface area contributed by atoms with Crippen LogP contribution >= 0.6 is 23.2 Å². The van der Waals surface area contributed by atoms with Gasteiger partial charge in [0.2, 0.25) is 5.91 Å². The van der Waals surface area contributed by atoms with Gasteiger partial charge in [-0.05, 0) is 62.9 Å². The fraction of sp³-hybridized carbons (Fsp3) is 0.481. The van der Waals surface area contributed by atoms with Crippen molar-refractivity contribution in [1.29, 1.82) is 0 Å². The molecule has 1 amide bonds. The highest BCUT2D eigenvalue weighted by atomic mass is 35.5. The van der Waals surface area contributed by atoms with Crippen LogP contribution in [0.1, 0.15) is 69.9 Å². The van der Waals surface area contributed by atoms with Gasteiger partial charge in [0.1, 0.15) is 22.9 Å². The summed E-state index contributed by atoms with van der Waals surface area (Å²) < 4.78 is 21.5. The van der Waals surface area contributed by atoms with E-state index in [2.05, 4.69) is 10.6 Å². The Morgan fingerprint density at radius 3 is 2.51 bits per heavy atom. The first kappa shape index (κ1) is 24.5. The molecule has 2 heterocycles. The Morgan fingerprint density at radius 2 is 1.83 bits per heavy atom. The number of benzene rings is 2. The van der Waals surface area contributed by atoms with Crippen LogP contribution in [0.2, 0.25) is 10.0 Å². The van der Waals surface area contributed by atoms with E-state index >= 15 is 4.39 Å². The van der Waals surface area contributed by atoms with Gasteiger partial charge in [-0.2, -0.15) is 0 Å². The molecule has 5 rings (SSSR count). The fourth-order valence-electron chi connectivity index (χ4n) is 6.56. The number of rotatable bonds is 2. The van der Waals surface area contributed by atoms with Crippen LogP contribution in [0.4, 0.5) is 10.1 Å². The van der Waals surface area contributed by atoms with Gasteiger partial charge in [-0.3, -0.25) is 14.9 Å². The molecule has 3 aliphatic rings. The predicted molar refractivity (Wildman–Crippen MR) is 134 cm³/mol. The Balaban J connectivity index is 1.81. The van der Waals surface area contributed by atoms with E-state index in [0.717, 1.165) is 24.8 Å². The maximum atomic E-state index is 15.7. The van der Waals surface area contributed by atoms with Crippen LogP contribution in [-0.2, 0) is 19.7 Å². The minimum atomic E-state index is -1.25. The highest BCUT2D eigenvalue weighted by molar-refractivity contribution is 6.31. The van der Waals surface area contributed by atoms with Gasteiger partial charge in [-0.25, -0.2) is 4.39 Å². The molecule has 186 valence electrons. The minimum Gasteiger partial charge on any atom is -0.459 e. The Bertz CT molecular complexity index is 1210. The van der Waals surface area contributed by atoms with Crippen LogP contribution in [0.3, 0.4) is 0 Å². The first-order valence-corrected chi connectivity index (χ1v) is 12.8. The monoisotopic (exact) mass is 518 g/mol. The quantitative estimate of drug-likeness (QED) is 0.469. The molecule has 2 aromatic rings. The van der Waals surface area contributed by atoms with E-state index in [9.17, 15) is 9.59 Å². The van der Waals surface area contributed by atoms with Gasteiger partial charge in [0.05, 0.1) is 5.02 Å². The first-order chi connectivity index (χ1) is 16.5. The lowest BCUT2D eigenvalue weighted by atomic mass is 9.55. The molecule has 2 fully saturated rings. The Hall–Kier alpha value is -2.15. The highest BCUT2D eigenvalue weighted by Gasteiger charge is 2.72. The molecular formula is C27H29Cl2FN2O3. The molecule has 2 N–H and O–H groups in total. The molecule has 1 saturated carbocycles. The molecule has 2 aromatic carbocycles. The second-order valence-electron chi connectivity index (χ2n) is 10.9. The van der Waals surface area contributed by atoms with Gasteiger partial charge in [-0.15, -0.1) is 0 Å². The summed E-state index contributed by atoms with van der Waals surface area (Å²) in [7, 11) is 0. The molecule has 1 saturated heterocycles. The van der Waals surface area contributed by atoms with Crippen LogP contribution in [-0.4, -0.2) is 29.1 Å². The van der Waals surface area contributed by atoms with Crippen LogP contribution in [0.25, 0.3) is 0 Å². The summed E-state index contributed by atoms with van der Waals surface area (Å²) in [4.78, 5) is 27.9. The van der Waals surface area contributed by atoms with Gasteiger partial charge in [0.15, 0.2) is 0 Å². The van der Waals surface area contributed by atoms with E-state index in [1.165, 1.54) is 6.07 Å². The SMILES string of the molecule is CC(C)(C)OC(=O)[C@@H]1NC2(CCCCC2)[C@@]2(C(=O)Nc3cc(Cl)ccc32)[C@H]1c1cccc(Cl)c1F. The third kappa shape index (κ3) is 3.68. The molecule has 0 radical (unpaired) electrons. The highest BCUT2D eigenvalue weighted by Crippen LogP contribution is 2.62. The zero-order valence-corrected chi connectivity index (χ0v) is 21.5. The van der Waals surface area contributed by atoms with Gasteiger partial charge >= 0.3 is 5.97 Å². The predicted octanol–water partition coefficient (Wildman–Crippen LogP) is 6.12. The molecule has 3 atom stereocenters. The standard InChI is InChI=1S/C27H29Cl2FN2O3/c1-25(2,3)35-23(33)22-20(16-8-7-9-18(29)21(16)30)27(26(32-22)12-5-4-6-13-26)17-11-10-15(28)14-19(17)31-24(27)34/h7-11,14,20,22,32H,4-6,12-13H2,1-3H3,(H,31,34)/t20-,22+,27+/m0/s1. The lowest BCUT2D eigenvalue weighted by Crippen LogP contribution is -2.60. The van der Waals surface area contributed by atoms with Gasteiger partial charge in [-0.1, -0.05) is 60.7 Å². The minimum absolute atomic E-state index is 0.0556. The van der Waals surface area contributed by atoms with Gasteiger partial charge in [0.25, 0.3) is 0 Å². The topological polar surface area (TPSA) is 67.4 Å². The van der Waals surface area contributed by atoms with E-state index in [4.69, 9.17) is 27.9 Å². The molecule has 0 unspecified atom stereocenters. The average molecular weight is 519 g/mol. The summed E-state index contributed by atoms with van der Waals surface area (Å²) in [5, 5.41) is 7.01. The molecule has 5 nitrogen and oxygen atoms in total.